The molecule has 2 nitrogen and oxygen atoms in total. The Morgan fingerprint density at radius 1 is 1.64 bits per heavy atom. The molecule has 2 N–H and O–H groups in total. The van der Waals surface area contributed by atoms with Crippen molar-refractivity contribution in [2.24, 2.45) is 0 Å². The Labute approximate surface area is 67.2 Å². The number of hydrogen-bond acceptors (Lipinski definition) is 2. The van der Waals surface area contributed by atoms with Crippen molar-refractivity contribution in [3.05, 3.63) is 36.5 Å². The molecule has 0 amide bonds. The van der Waals surface area contributed by atoms with E-state index in [1.165, 1.54) is 0 Å². The van der Waals surface area contributed by atoms with Crippen LogP contribution in [0, 0.1) is 0 Å². The monoisotopic (exact) mass is 154 g/mol. The van der Waals surface area contributed by atoms with Crippen LogP contribution < -0.4 is 0 Å². The minimum absolute atomic E-state index is 0.249. The second-order valence-corrected chi connectivity index (χ2v) is 2.08. The standard InChI is InChI=1S/C9H14O2/c1-3-5-6-8(4-2)9(11)7-10/h3-6,9-11H,1,7H2,2H3/b6-5-,8-4+. The highest BCUT2D eigenvalue weighted by Crippen LogP contribution is 2.03. The lowest BCUT2D eigenvalue weighted by atomic mass is 10.1. The van der Waals surface area contributed by atoms with E-state index in [1.54, 1.807) is 24.3 Å². The van der Waals surface area contributed by atoms with Crippen LogP contribution in [0.5, 0.6) is 0 Å². The summed E-state index contributed by atoms with van der Waals surface area (Å²) in [6, 6.07) is 0. The van der Waals surface area contributed by atoms with E-state index in [-0.39, 0.29) is 6.61 Å². The van der Waals surface area contributed by atoms with Crippen LogP contribution in [-0.4, -0.2) is 22.9 Å². The summed E-state index contributed by atoms with van der Waals surface area (Å²) in [6.45, 7) is 5.05. The topological polar surface area (TPSA) is 40.5 Å². The maximum atomic E-state index is 9.14. The number of aliphatic hydroxyl groups is 2. The minimum Gasteiger partial charge on any atom is -0.393 e. The Kier molecular flexibility index (Phi) is 5.43. The van der Waals surface area contributed by atoms with Crippen molar-refractivity contribution >= 4 is 0 Å². The van der Waals surface area contributed by atoms with Gasteiger partial charge in [0.1, 0.15) is 6.10 Å². The first kappa shape index (κ1) is 10.1. The van der Waals surface area contributed by atoms with Gasteiger partial charge in [-0.2, -0.15) is 0 Å². The molecule has 0 aliphatic carbocycles. The predicted octanol–water partition coefficient (Wildman–Crippen LogP) is 1.03. The highest BCUT2D eigenvalue weighted by atomic mass is 16.3. The molecule has 0 aromatic carbocycles. The lowest BCUT2D eigenvalue weighted by Gasteiger charge is -2.06. The van der Waals surface area contributed by atoms with Crippen LogP contribution in [0.15, 0.2) is 36.5 Å². The molecule has 11 heavy (non-hydrogen) atoms. The van der Waals surface area contributed by atoms with Gasteiger partial charge in [0.05, 0.1) is 6.61 Å². The van der Waals surface area contributed by atoms with E-state index in [4.69, 9.17) is 10.2 Å². The van der Waals surface area contributed by atoms with Crippen molar-refractivity contribution in [1.82, 2.24) is 0 Å². The van der Waals surface area contributed by atoms with Crippen LogP contribution in [0.3, 0.4) is 0 Å². The molecule has 1 atom stereocenters. The van der Waals surface area contributed by atoms with Gasteiger partial charge in [0.15, 0.2) is 0 Å². The number of aliphatic hydroxyl groups excluding tert-OH is 2. The fourth-order valence-corrected chi connectivity index (χ4v) is 0.684. The first-order chi connectivity index (χ1) is 5.26. The summed E-state index contributed by atoms with van der Waals surface area (Å²) in [6.07, 6.45) is 6.02. The maximum Gasteiger partial charge on any atom is 0.102 e. The van der Waals surface area contributed by atoms with E-state index >= 15 is 0 Å². The fourth-order valence-electron chi connectivity index (χ4n) is 0.684. The summed E-state index contributed by atoms with van der Waals surface area (Å²) < 4.78 is 0. The molecule has 0 aliphatic heterocycles. The van der Waals surface area contributed by atoms with E-state index < -0.39 is 6.10 Å². The van der Waals surface area contributed by atoms with E-state index in [1.807, 2.05) is 6.92 Å². The quantitative estimate of drug-likeness (QED) is 0.594. The lowest BCUT2D eigenvalue weighted by Crippen LogP contribution is -2.13. The molecule has 0 aliphatic rings. The van der Waals surface area contributed by atoms with Gasteiger partial charge in [-0.25, -0.2) is 0 Å². The molecule has 62 valence electrons. The summed E-state index contributed by atoms with van der Waals surface area (Å²) >= 11 is 0. The Morgan fingerprint density at radius 2 is 2.27 bits per heavy atom. The fraction of sp³-hybridized carbons (Fsp3) is 0.333. The highest BCUT2D eigenvalue weighted by Gasteiger charge is 2.03. The number of rotatable bonds is 4. The molecule has 1 unspecified atom stereocenters. The minimum atomic E-state index is -0.781. The average molecular weight is 154 g/mol. The first-order valence-corrected chi connectivity index (χ1v) is 3.50. The molecule has 0 saturated heterocycles. The van der Waals surface area contributed by atoms with Gasteiger partial charge in [-0.05, 0) is 12.5 Å². The molecule has 0 heterocycles. The third kappa shape index (κ3) is 3.75. The van der Waals surface area contributed by atoms with E-state index in [0.717, 1.165) is 0 Å². The third-order valence-electron chi connectivity index (χ3n) is 1.32. The average Bonchev–Trinajstić information content (AvgIpc) is 2.05. The molecule has 0 aromatic rings. The summed E-state index contributed by atoms with van der Waals surface area (Å²) in [4.78, 5) is 0. The van der Waals surface area contributed by atoms with Crippen molar-refractivity contribution in [2.75, 3.05) is 6.61 Å². The van der Waals surface area contributed by atoms with Crippen LogP contribution in [0.25, 0.3) is 0 Å². The van der Waals surface area contributed by atoms with Gasteiger partial charge in [0.2, 0.25) is 0 Å². The molecule has 0 saturated carbocycles. The summed E-state index contributed by atoms with van der Waals surface area (Å²) in [7, 11) is 0. The van der Waals surface area contributed by atoms with Crippen LogP contribution in [0.2, 0.25) is 0 Å². The summed E-state index contributed by atoms with van der Waals surface area (Å²) in [5.74, 6) is 0. The Hall–Kier alpha value is -0.860. The Bertz CT molecular complexity index is 168. The Balaban J connectivity index is 4.18. The van der Waals surface area contributed by atoms with Gasteiger partial charge < -0.3 is 10.2 Å². The van der Waals surface area contributed by atoms with Crippen LogP contribution >= 0.6 is 0 Å². The molecule has 0 spiro atoms. The van der Waals surface area contributed by atoms with Crippen molar-refractivity contribution in [1.29, 1.82) is 0 Å². The van der Waals surface area contributed by atoms with Crippen molar-refractivity contribution < 1.29 is 10.2 Å². The number of hydrogen-bond donors (Lipinski definition) is 2. The van der Waals surface area contributed by atoms with Crippen molar-refractivity contribution in [3.8, 4) is 0 Å². The van der Waals surface area contributed by atoms with E-state index in [2.05, 4.69) is 6.58 Å². The zero-order chi connectivity index (χ0) is 8.69. The second kappa shape index (κ2) is 5.89. The normalized spacial score (nSPS) is 15.4. The van der Waals surface area contributed by atoms with Crippen LogP contribution in [0.1, 0.15) is 6.92 Å². The van der Waals surface area contributed by atoms with E-state index in [0.29, 0.717) is 5.57 Å². The summed E-state index contributed by atoms with van der Waals surface area (Å²) in [5.41, 5.74) is 0.701. The molecule has 0 fully saturated rings. The molecule has 0 radical (unpaired) electrons. The molecule has 2 heteroatoms. The van der Waals surface area contributed by atoms with Gasteiger partial charge in [-0.15, -0.1) is 0 Å². The third-order valence-corrected chi connectivity index (χ3v) is 1.32. The molecule has 0 rings (SSSR count). The largest absolute Gasteiger partial charge is 0.393 e. The van der Waals surface area contributed by atoms with Crippen molar-refractivity contribution in [3.63, 3.8) is 0 Å². The molecule has 0 bridgehead atoms. The zero-order valence-corrected chi connectivity index (χ0v) is 6.70. The SMILES string of the molecule is C=C/C=C\C(=C/C)C(O)CO. The maximum absolute atomic E-state index is 9.14. The van der Waals surface area contributed by atoms with E-state index in [9.17, 15) is 0 Å². The highest BCUT2D eigenvalue weighted by molar-refractivity contribution is 5.24. The zero-order valence-electron chi connectivity index (χ0n) is 6.70. The van der Waals surface area contributed by atoms with Gasteiger partial charge in [-0.1, -0.05) is 30.9 Å². The lowest BCUT2D eigenvalue weighted by molar-refractivity contribution is 0.125. The predicted molar refractivity (Wildman–Crippen MR) is 46.2 cm³/mol. The smallest absolute Gasteiger partial charge is 0.102 e. The van der Waals surface area contributed by atoms with Crippen LogP contribution in [-0.2, 0) is 0 Å². The van der Waals surface area contributed by atoms with Gasteiger partial charge in [-0.3, -0.25) is 0 Å². The molecular formula is C9H14O2. The molecule has 0 aromatic heterocycles. The van der Waals surface area contributed by atoms with Gasteiger partial charge >= 0.3 is 0 Å². The van der Waals surface area contributed by atoms with Gasteiger partial charge in [0, 0.05) is 0 Å². The van der Waals surface area contributed by atoms with Crippen molar-refractivity contribution in [2.45, 2.75) is 13.0 Å². The van der Waals surface area contributed by atoms with Gasteiger partial charge in [0.25, 0.3) is 0 Å². The Morgan fingerprint density at radius 3 is 2.64 bits per heavy atom. The second-order valence-electron chi connectivity index (χ2n) is 2.08. The number of allylic oxidation sites excluding steroid dienone is 3. The first-order valence-electron chi connectivity index (χ1n) is 3.50. The summed E-state index contributed by atoms with van der Waals surface area (Å²) in [5, 5.41) is 17.7. The van der Waals surface area contributed by atoms with Crippen LogP contribution in [0.4, 0.5) is 0 Å². The molecular weight excluding hydrogens is 140 g/mol.